The van der Waals surface area contributed by atoms with Crippen molar-refractivity contribution in [1.82, 2.24) is 9.80 Å². The number of anilines is 1. The average molecular weight is 418 g/mol. The summed E-state index contributed by atoms with van der Waals surface area (Å²) >= 11 is 0. The molecule has 0 spiro atoms. The predicted molar refractivity (Wildman–Crippen MR) is 113 cm³/mol. The van der Waals surface area contributed by atoms with E-state index in [9.17, 15) is 13.2 Å². The van der Waals surface area contributed by atoms with E-state index in [1.165, 1.54) is 4.31 Å². The molecule has 1 amide bonds. The summed E-state index contributed by atoms with van der Waals surface area (Å²) in [6.07, 6.45) is 0. The molecule has 0 saturated carbocycles. The highest BCUT2D eigenvalue weighted by molar-refractivity contribution is 7.92. The van der Waals surface area contributed by atoms with Gasteiger partial charge in [-0.25, -0.2) is 8.42 Å². The summed E-state index contributed by atoms with van der Waals surface area (Å²) in [5.74, 6) is 0.413. The number of ether oxygens (including phenoxy) is 1. The lowest BCUT2D eigenvalue weighted by Crippen LogP contribution is -2.50. The summed E-state index contributed by atoms with van der Waals surface area (Å²) in [7, 11) is -0.345. The van der Waals surface area contributed by atoms with E-state index in [-0.39, 0.29) is 17.3 Å². The minimum absolute atomic E-state index is 0.157. The molecule has 0 aromatic heterocycles. The van der Waals surface area contributed by atoms with Crippen LogP contribution in [0, 0.1) is 6.92 Å². The molecule has 29 heavy (non-hydrogen) atoms. The Morgan fingerprint density at radius 1 is 1.00 bits per heavy atom. The van der Waals surface area contributed by atoms with Gasteiger partial charge in [-0.05, 0) is 50.4 Å². The van der Waals surface area contributed by atoms with Gasteiger partial charge in [0.25, 0.3) is 10.0 Å². The van der Waals surface area contributed by atoms with E-state index in [0.29, 0.717) is 24.5 Å². The predicted octanol–water partition coefficient (Wildman–Crippen LogP) is 1.97. The van der Waals surface area contributed by atoms with Crippen LogP contribution in [0.5, 0.6) is 5.75 Å². The molecule has 0 aliphatic carbocycles. The summed E-state index contributed by atoms with van der Waals surface area (Å²) in [4.78, 5) is 16.9. The molecule has 0 unspecified atom stereocenters. The Kier molecular flexibility index (Phi) is 6.44. The van der Waals surface area contributed by atoms with Crippen molar-refractivity contribution in [2.45, 2.75) is 11.8 Å². The number of benzene rings is 2. The van der Waals surface area contributed by atoms with Gasteiger partial charge < -0.3 is 14.5 Å². The topological polar surface area (TPSA) is 70.2 Å². The van der Waals surface area contributed by atoms with E-state index in [2.05, 4.69) is 4.90 Å². The van der Waals surface area contributed by atoms with E-state index in [0.717, 1.165) is 18.7 Å². The van der Waals surface area contributed by atoms with Gasteiger partial charge in [0, 0.05) is 26.2 Å². The monoisotopic (exact) mass is 417 g/mol. The first-order valence-electron chi connectivity index (χ1n) is 9.51. The Labute approximate surface area is 172 Å². The average Bonchev–Trinajstić information content (AvgIpc) is 2.72. The summed E-state index contributed by atoms with van der Waals surface area (Å²) in [6, 6.07) is 13.3. The number of methoxy groups -OCH3 is 1. The molecular weight excluding hydrogens is 390 g/mol. The number of aryl methyl sites for hydroxylation is 1. The number of amides is 1. The first-order valence-corrected chi connectivity index (χ1v) is 10.9. The summed E-state index contributed by atoms with van der Waals surface area (Å²) in [5.41, 5.74) is 1.39. The molecule has 1 fully saturated rings. The largest absolute Gasteiger partial charge is 0.497 e. The second kappa shape index (κ2) is 8.84. The second-order valence-corrected chi connectivity index (χ2v) is 9.07. The highest BCUT2D eigenvalue weighted by Crippen LogP contribution is 2.26. The van der Waals surface area contributed by atoms with Crippen LogP contribution in [-0.2, 0) is 14.8 Å². The molecule has 1 saturated heterocycles. The van der Waals surface area contributed by atoms with Crippen molar-refractivity contribution in [3.8, 4) is 5.75 Å². The molecule has 2 aromatic rings. The van der Waals surface area contributed by atoms with Gasteiger partial charge in [0.05, 0.1) is 17.7 Å². The van der Waals surface area contributed by atoms with Gasteiger partial charge in [-0.15, -0.1) is 0 Å². The third-order valence-corrected chi connectivity index (χ3v) is 6.89. The maximum atomic E-state index is 13.4. The maximum absolute atomic E-state index is 13.4. The Bertz CT molecular complexity index is 935. The van der Waals surface area contributed by atoms with Crippen molar-refractivity contribution in [3.05, 3.63) is 54.1 Å². The molecule has 0 N–H and O–H groups in total. The number of sulfonamides is 1. The fourth-order valence-corrected chi connectivity index (χ4v) is 4.59. The van der Waals surface area contributed by atoms with Gasteiger partial charge in [0.15, 0.2) is 0 Å². The number of piperazine rings is 1. The van der Waals surface area contributed by atoms with Crippen LogP contribution in [0.1, 0.15) is 5.56 Å². The van der Waals surface area contributed by atoms with Gasteiger partial charge in [-0.1, -0.05) is 17.7 Å². The molecule has 156 valence electrons. The van der Waals surface area contributed by atoms with E-state index >= 15 is 0 Å². The van der Waals surface area contributed by atoms with Crippen molar-refractivity contribution in [3.63, 3.8) is 0 Å². The highest BCUT2D eigenvalue weighted by atomic mass is 32.2. The number of nitrogens with zero attached hydrogens (tertiary/aromatic N) is 3. The number of hydrogen-bond acceptors (Lipinski definition) is 5. The smallest absolute Gasteiger partial charge is 0.264 e. The minimum Gasteiger partial charge on any atom is -0.497 e. The third kappa shape index (κ3) is 4.89. The van der Waals surface area contributed by atoms with Gasteiger partial charge in [-0.3, -0.25) is 9.10 Å². The Morgan fingerprint density at radius 2 is 1.59 bits per heavy atom. The second-order valence-electron chi connectivity index (χ2n) is 7.21. The molecule has 7 nitrogen and oxygen atoms in total. The zero-order valence-corrected chi connectivity index (χ0v) is 17.9. The lowest BCUT2D eigenvalue weighted by Gasteiger charge is -2.34. The molecule has 0 radical (unpaired) electrons. The number of carbonyl (C=O) groups excluding carboxylic acids is 1. The number of carbonyl (C=O) groups is 1. The summed E-state index contributed by atoms with van der Waals surface area (Å²) in [5, 5.41) is 0. The first kappa shape index (κ1) is 21.1. The maximum Gasteiger partial charge on any atom is 0.264 e. The summed E-state index contributed by atoms with van der Waals surface area (Å²) in [6.45, 7) is 4.39. The van der Waals surface area contributed by atoms with Crippen LogP contribution in [0.3, 0.4) is 0 Å². The number of hydrogen-bond donors (Lipinski definition) is 0. The van der Waals surface area contributed by atoms with Crippen molar-refractivity contribution in [1.29, 1.82) is 0 Å². The molecule has 1 aliphatic heterocycles. The van der Waals surface area contributed by atoms with Crippen LogP contribution >= 0.6 is 0 Å². The van der Waals surface area contributed by atoms with Crippen molar-refractivity contribution >= 4 is 21.6 Å². The highest BCUT2D eigenvalue weighted by Gasteiger charge is 2.29. The minimum atomic E-state index is -3.90. The Morgan fingerprint density at radius 3 is 2.14 bits per heavy atom. The fourth-order valence-electron chi connectivity index (χ4n) is 3.18. The SMILES string of the molecule is COc1ccc(N(CC(=O)N2CCN(C)CC2)S(=O)(=O)c2ccc(C)cc2)cc1. The van der Waals surface area contributed by atoms with Crippen LogP contribution < -0.4 is 9.04 Å². The number of likely N-dealkylation sites (N-methyl/N-ethyl adjacent to an activating group) is 1. The number of rotatable bonds is 6. The third-order valence-electron chi connectivity index (χ3n) is 5.10. The van der Waals surface area contributed by atoms with E-state index in [1.54, 1.807) is 60.5 Å². The van der Waals surface area contributed by atoms with Crippen LogP contribution in [0.15, 0.2) is 53.4 Å². The standard InChI is InChI=1S/C21H27N3O4S/c1-17-4-10-20(11-5-17)29(26,27)24(18-6-8-19(28-3)9-7-18)16-21(25)23-14-12-22(2)13-15-23/h4-11H,12-16H2,1-3H3. The molecule has 1 heterocycles. The molecule has 0 bridgehead atoms. The van der Waals surface area contributed by atoms with E-state index in [1.807, 2.05) is 14.0 Å². The van der Waals surface area contributed by atoms with Gasteiger partial charge in [-0.2, -0.15) is 0 Å². The van der Waals surface area contributed by atoms with Crippen molar-refractivity contribution in [2.75, 3.05) is 51.2 Å². The molecule has 0 atom stereocenters. The zero-order valence-electron chi connectivity index (χ0n) is 17.0. The van der Waals surface area contributed by atoms with Gasteiger partial charge in [0.2, 0.25) is 5.91 Å². The summed E-state index contributed by atoms with van der Waals surface area (Å²) < 4.78 is 33.1. The van der Waals surface area contributed by atoms with Crippen LogP contribution in [0.25, 0.3) is 0 Å². The molecule has 2 aromatic carbocycles. The fraction of sp³-hybridized carbons (Fsp3) is 0.381. The van der Waals surface area contributed by atoms with Gasteiger partial charge in [0.1, 0.15) is 12.3 Å². The molecular formula is C21H27N3O4S. The zero-order chi connectivity index (χ0) is 21.0. The Balaban J connectivity index is 1.92. The van der Waals surface area contributed by atoms with E-state index < -0.39 is 10.0 Å². The van der Waals surface area contributed by atoms with Crippen molar-refractivity contribution < 1.29 is 17.9 Å². The van der Waals surface area contributed by atoms with Crippen molar-refractivity contribution in [2.24, 2.45) is 0 Å². The van der Waals surface area contributed by atoms with Crippen LogP contribution in [-0.4, -0.2) is 71.0 Å². The van der Waals surface area contributed by atoms with E-state index in [4.69, 9.17) is 4.74 Å². The first-order chi connectivity index (χ1) is 13.8. The van der Waals surface area contributed by atoms with Crippen LogP contribution in [0.4, 0.5) is 5.69 Å². The lowest BCUT2D eigenvalue weighted by atomic mass is 10.2. The lowest BCUT2D eigenvalue weighted by molar-refractivity contribution is -0.131. The molecule has 3 rings (SSSR count). The van der Waals surface area contributed by atoms with Gasteiger partial charge >= 0.3 is 0 Å². The Hall–Kier alpha value is -2.58. The normalized spacial score (nSPS) is 15.2. The van der Waals surface area contributed by atoms with Crippen LogP contribution in [0.2, 0.25) is 0 Å². The molecule has 8 heteroatoms. The molecule has 1 aliphatic rings. The quantitative estimate of drug-likeness (QED) is 0.719.